The Labute approximate surface area is 122 Å². The first kappa shape index (κ1) is 15.8. The molecule has 0 saturated heterocycles. The summed E-state index contributed by atoms with van der Waals surface area (Å²) >= 11 is 0.593. The predicted molar refractivity (Wildman–Crippen MR) is 69.8 cm³/mol. The molecule has 0 saturated carbocycles. The molecule has 0 radical (unpaired) electrons. The lowest BCUT2D eigenvalue weighted by atomic mass is 10.1. The van der Waals surface area contributed by atoms with E-state index in [0.29, 0.717) is 23.4 Å². The largest absolute Gasteiger partial charge is 0.417 e. The lowest BCUT2D eigenvalue weighted by Gasteiger charge is -2.14. The lowest BCUT2D eigenvalue weighted by molar-refractivity contribution is -0.139. The molecule has 7 heteroatoms. The van der Waals surface area contributed by atoms with Gasteiger partial charge in [-0.2, -0.15) is 13.2 Å². The van der Waals surface area contributed by atoms with Gasteiger partial charge in [-0.1, -0.05) is 17.8 Å². The highest BCUT2D eigenvalue weighted by Crippen LogP contribution is 2.40. The smallest absolute Gasteiger partial charge is 0.326 e. The number of halogens is 5. The molecule has 0 unspecified atom stereocenters. The lowest BCUT2D eigenvalue weighted by Crippen LogP contribution is -2.09. The minimum absolute atomic E-state index is 0.0288. The molecule has 0 aliphatic rings. The van der Waals surface area contributed by atoms with E-state index in [9.17, 15) is 22.0 Å². The van der Waals surface area contributed by atoms with Gasteiger partial charge in [0, 0.05) is 22.4 Å². The van der Waals surface area contributed by atoms with Crippen molar-refractivity contribution in [2.45, 2.75) is 22.5 Å². The fourth-order valence-corrected chi connectivity index (χ4v) is 2.64. The molecule has 0 aliphatic heterocycles. The molecule has 0 aliphatic carbocycles. The molecular formula is C14H10F5NS. The van der Waals surface area contributed by atoms with E-state index in [2.05, 4.69) is 0 Å². The first-order valence-electron chi connectivity index (χ1n) is 5.84. The van der Waals surface area contributed by atoms with Crippen molar-refractivity contribution >= 4 is 11.8 Å². The molecule has 0 fully saturated rings. The average molecular weight is 319 g/mol. The van der Waals surface area contributed by atoms with Gasteiger partial charge in [0.05, 0.1) is 5.56 Å². The topological polar surface area (TPSA) is 26.0 Å². The maximum Gasteiger partial charge on any atom is 0.417 e. The minimum Gasteiger partial charge on any atom is -0.326 e. The molecule has 0 bridgehead atoms. The van der Waals surface area contributed by atoms with Crippen molar-refractivity contribution in [3.63, 3.8) is 0 Å². The summed E-state index contributed by atoms with van der Waals surface area (Å²) in [5, 5.41) is 0. The van der Waals surface area contributed by atoms with Gasteiger partial charge in [-0.25, -0.2) is 8.78 Å². The second kappa shape index (κ2) is 6.03. The van der Waals surface area contributed by atoms with E-state index in [4.69, 9.17) is 5.73 Å². The van der Waals surface area contributed by atoms with Crippen molar-refractivity contribution in [2.24, 2.45) is 5.73 Å². The number of nitrogens with two attached hydrogens (primary N) is 1. The second-order valence-corrected chi connectivity index (χ2v) is 5.29. The van der Waals surface area contributed by atoms with Gasteiger partial charge < -0.3 is 5.73 Å². The van der Waals surface area contributed by atoms with Crippen molar-refractivity contribution in [3.8, 4) is 0 Å². The quantitative estimate of drug-likeness (QED) is 0.837. The molecule has 0 spiro atoms. The van der Waals surface area contributed by atoms with E-state index in [-0.39, 0.29) is 16.3 Å². The Balaban J connectivity index is 2.44. The van der Waals surface area contributed by atoms with Crippen molar-refractivity contribution in [1.29, 1.82) is 0 Å². The van der Waals surface area contributed by atoms with E-state index in [0.717, 1.165) is 18.2 Å². The molecule has 21 heavy (non-hydrogen) atoms. The molecule has 0 heterocycles. The zero-order valence-electron chi connectivity index (χ0n) is 10.5. The van der Waals surface area contributed by atoms with Crippen LogP contribution in [-0.4, -0.2) is 0 Å². The minimum atomic E-state index is -4.58. The van der Waals surface area contributed by atoms with Gasteiger partial charge in [0.1, 0.15) is 11.6 Å². The Morgan fingerprint density at radius 1 is 0.952 bits per heavy atom. The first-order chi connectivity index (χ1) is 9.81. The van der Waals surface area contributed by atoms with Gasteiger partial charge in [-0.05, 0) is 29.8 Å². The van der Waals surface area contributed by atoms with Crippen LogP contribution < -0.4 is 5.73 Å². The molecule has 2 aromatic carbocycles. The van der Waals surface area contributed by atoms with Crippen LogP contribution in [0.5, 0.6) is 0 Å². The molecule has 2 rings (SSSR count). The van der Waals surface area contributed by atoms with E-state index < -0.39 is 23.4 Å². The summed E-state index contributed by atoms with van der Waals surface area (Å²) in [6, 6.07) is 6.34. The fraction of sp³-hybridized carbons (Fsp3) is 0.143. The van der Waals surface area contributed by atoms with Crippen LogP contribution in [0.15, 0.2) is 46.2 Å². The Morgan fingerprint density at radius 3 is 2.19 bits per heavy atom. The van der Waals surface area contributed by atoms with Crippen LogP contribution >= 0.6 is 11.8 Å². The molecule has 0 amide bonds. The van der Waals surface area contributed by atoms with Gasteiger partial charge in [0.2, 0.25) is 0 Å². The maximum atomic E-state index is 13.5. The number of benzene rings is 2. The third-order valence-corrected chi connectivity index (χ3v) is 3.83. The Morgan fingerprint density at radius 2 is 1.62 bits per heavy atom. The zero-order chi connectivity index (χ0) is 15.6. The molecule has 2 aromatic rings. The number of rotatable bonds is 3. The normalized spacial score (nSPS) is 11.7. The van der Waals surface area contributed by atoms with Crippen LogP contribution in [0.1, 0.15) is 11.1 Å². The van der Waals surface area contributed by atoms with Crippen LogP contribution in [-0.2, 0) is 12.7 Å². The summed E-state index contributed by atoms with van der Waals surface area (Å²) in [6.07, 6.45) is -4.58. The van der Waals surface area contributed by atoms with Crippen LogP contribution in [0.3, 0.4) is 0 Å². The summed E-state index contributed by atoms with van der Waals surface area (Å²) in [6.45, 7) is -0.0288. The van der Waals surface area contributed by atoms with E-state index in [1.165, 1.54) is 12.1 Å². The zero-order valence-corrected chi connectivity index (χ0v) is 11.4. The van der Waals surface area contributed by atoms with Gasteiger partial charge >= 0.3 is 6.18 Å². The maximum absolute atomic E-state index is 13.5. The Kier molecular flexibility index (Phi) is 4.53. The van der Waals surface area contributed by atoms with Crippen molar-refractivity contribution < 1.29 is 22.0 Å². The summed E-state index contributed by atoms with van der Waals surface area (Å²) in [5.41, 5.74) is 4.77. The van der Waals surface area contributed by atoms with E-state index >= 15 is 0 Å². The molecule has 2 N–H and O–H groups in total. The third-order valence-electron chi connectivity index (χ3n) is 2.70. The third kappa shape index (κ3) is 3.74. The molecule has 0 atom stereocenters. The monoisotopic (exact) mass is 319 g/mol. The predicted octanol–water partition coefficient (Wildman–Crippen LogP) is 4.59. The standard InChI is InChI=1S/C14H10F5NS/c15-9-2-4-13(11(16)6-9)21-12-3-1-8(7-20)5-10(12)14(17,18)19/h1-6H,7,20H2. The summed E-state index contributed by atoms with van der Waals surface area (Å²) in [5.74, 6) is -1.69. The van der Waals surface area contributed by atoms with Gasteiger partial charge in [-0.3, -0.25) is 0 Å². The summed E-state index contributed by atoms with van der Waals surface area (Å²) in [7, 11) is 0. The number of hydrogen-bond acceptors (Lipinski definition) is 2. The summed E-state index contributed by atoms with van der Waals surface area (Å²) < 4.78 is 65.4. The van der Waals surface area contributed by atoms with Crippen molar-refractivity contribution in [3.05, 3.63) is 59.2 Å². The molecule has 0 aromatic heterocycles. The average Bonchev–Trinajstić information content (AvgIpc) is 2.41. The number of hydrogen-bond donors (Lipinski definition) is 1. The highest BCUT2D eigenvalue weighted by Gasteiger charge is 2.34. The van der Waals surface area contributed by atoms with Crippen LogP contribution in [0.4, 0.5) is 22.0 Å². The molecule has 1 nitrogen and oxygen atoms in total. The van der Waals surface area contributed by atoms with E-state index in [1.807, 2.05) is 0 Å². The second-order valence-electron chi connectivity index (χ2n) is 4.21. The molecule has 112 valence electrons. The van der Waals surface area contributed by atoms with Crippen molar-refractivity contribution in [1.82, 2.24) is 0 Å². The highest BCUT2D eigenvalue weighted by molar-refractivity contribution is 7.99. The molecular weight excluding hydrogens is 309 g/mol. The van der Waals surface area contributed by atoms with Gasteiger partial charge in [0.25, 0.3) is 0 Å². The van der Waals surface area contributed by atoms with Gasteiger partial charge in [-0.15, -0.1) is 0 Å². The highest BCUT2D eigenvalue weighted by atomic mass is 32.2. The Hall–Kier alpha value is -1.60. The van der Waals surface area contributed by atoms with Crippen LogP contribution in [0, 0.1) is 11.6 Å². The van der Waals surface area contributed by atoms with Crippen molar-refractivity contribution in [2.75, 3.05) is 0 Å². The fourth-order valence-electron chi connectivity index (χ4n) is 1.69. The van der Waals surface area contributed by atoms with Gasteiger partial charge in [0.15, 0.2) is 0 Å². The number of alkyl halides is 3. The SMILES string of the molecule is NCc1ccc(Sc2ccc(F)cc2F)c(C(F)(F)F)c1. The Bertz CT molecular complexity index is 654. The summed E-state index contributed by atoms with van der Waals surface area (Å²) in [4.78, 5) is -0.243. The van der Waals surface area contributed by atoms with Crippen LogP contribution in [0.2, 0.25) is 0 Å². The van der Waals surface area contributed by atoms with Crippen LogP contribution in [0.25, 0.3) is 0 Å². The van der Waals surface area contributed by atoms with E-state index in [1.54, 1.807) is 0 Å². The first-order valence-corrected chi connectivity index (χ1v) is 6.66.